The number of nitrogens with one attached hydrogen (secondary N) is 1. The molecule has 3 nitrogen and oxygen atoms in total. The normalized spacial score (nSPS) is 18.2. The van der Waals surface area contributed by atoms with Crippen molar-refractivity contribution in [1.29, 1.82) is 0 Å². The van der Waals surface area contributed by atoms with Gasteiger partial charge in [-0.3, -0.25) is 0 Å². The van der Waals surface area contributed by atoms with Crippen LogP contribution < -0.4 is 5.32 Å². The number of fused-ring (bicyclic) bond motifs is 1. The Morgan fingerprint density at radius 2 is 2.17 bits per heavy atom. The predicted molar refractivity (Wildman–Crippen MR) is 71.7 cm³/mol. The first-order valence-corrected chi connectivity index (χ1v) is 6.24. The van der Waals surface area contributed by atoms with E-state index in [9.17, 15) is 0 Å². The average molecular weight is 261 g/mol. The topological polar surface area (TPSA) is 34.1 Å². The lowest BCUT2D eigenvalue weighted by molar-refractivity contribution is 0.0970. The third-order valence-electron chi connectivity index (χ3n) is 3.04. The summed E-state index contributed by atoms with van der Waals surface area (Å²) in [5.74, 6) is 0. The molecule has 1 N–H and O–H groups in total. The van der Waals surface area contributed by atoms with Crippen molar-refractivity contribution < 1.29 is 4.74 Å². The van der Waals surface area contributed by atoms with E-state index in [1.54, 1.807) is 6.20 Å². The van der Waals surface area contributed by atoms with Crippen LogP contribution in [0.3, 0.4) is 0 Å². The van der Waals surface area contributed by atoms with Crippen LogP contribution in [-0.4, -0.2) is 11.6 Å². The van der Waals surface area contributed by atoms with E-state index in [0.717, 1.165) is 5.69 Å². The maximum Gasteiger partial charge on any atom is 0.131 e. The van der Waals surface area contributed by atoms with Gasteiger partial charge in [0.2, 0.25) is 0 Å². The third-order valence-corrected chi connectivity index (χ3v) is 3.25. The molecule has 1 atom stereocenters. The van der Waals surface area contributed by atoms with Gasteiger partial charge in [0, 0.05) is 11.9 Å². The lowest BCUT2D eigenvalue weighted by Gasteiger charge is -2.27. The second-order valence-electron chi connectivity index (χ2n) is 4.28. The monoisotopic (exact) mass is 260 g/mol. The average Bonchev–Trinajstić information content (AvgIpc) is 2.39. The first-order valence-electron chi connectivity index (χ1n) is 5.86. The SMILES string of the molecule is Clc1cc(NC2COCc3ccccc32)ccn1. The van der Waals surface area contributed by atoms with E-state index in [1.807, 2.05) is 18.2 Å². The van der Waals surface area contributed by atoms with Crippen molar-refractivity contribution in [2.75, 3.05) is 11.9 Å². The summed E-state index contributed by atoms with van der Waals surface area (Å²) in [5.41, 5.74) is 3.48. The first kappa shape index (κ1) is 11.5. The number of ether oxygens (including phenoxy) is 1. The van der Waals surface area contributed by atoms with E-state index in [-0.39, 0.29) is 6.04 Å². The highest BCUT2D eigenvalue weighted by atomic mass is 35.5. The number of halogens is 1. The number of rotatable bonds is 2. The molecular weight excluding hydrogens is 248 g/mol. The van der Waals surface area contributed by atoms with Crippen molar-refractivity contribution in [2.24, 2.45) is 0 Å². The van der Waals surface area contributed by atoms with Crippen LogP contribution in [0.15, 0.2) is 42.6 Å². The van der Waals surface area contributed by atoms with E-state index in [4.69, 9.17) is 16.3 Å². The molecular formula is C14H13ClN2O. The first-order chi connectivity index (χ1) is 8.83. The zero-order valence-corrected chi connectivity index (χ0v) is 10.5. The Balaban J connectivity index is 1.86. The van der Waals surface area contributed by atoms with Crippen molar-refractivity contribution in [2.45, 2.75) is 12.6 Å². The van der Waals surface area contributed by atoms with Crippen LogP contribution in [0, 0.1) is 0 Å². The molecule has 2 heterocycles. The van der Waals surface area contributed by atoms with Crippen LogP contribution in [-0.2, 0) is 11.3 Å². The molecule has 1 aromatic heterocycles. The molecule has 0 saturated carbocycles. The molecule has 0 saturated heterocycles. The molecule has 3 rings (SSSR count). The highest BCUT2D eigenvalue weighted by Crippen LogP contribution is 2.28. The number of anilines is 1. The summed E-state index contributed by atoms with van der Waals surface area (Å²) in [4.78, 5) is 3.97. The Morgan fingerprint density at radius 1 is 1.28 bits per heavy atom. The van der Waals surface area contributed by atoms with E-state index >= 15 is 0 Å². The van der Waals surface area contributed by atoms with Gasteiger partial charge < -0.3 is 10.1 Å². The molecule has 2 aromatic rings. The summed E-state index contributed by atoms with van der Waals surface area (Å²) in [7, 11) is 0. The standard InChI is InChI=1S/C14H13ClN2O/c15-14-7-11(5-6-16-14)17-13-9-18-8-10-3-1-2-4-12(10)13/h1-7,13H,8-9H2,(H,16,17). The van der Waals surface area contributed by atoms with Gasteiger partial charge in [-0.25, -0.2) is 4.98 Å². The Morgan fingerprint density at radius 3 is 3.06 bits per heavy atom. The predicted octanol–water partition coefficient (Wildman–Crippen LogP) is 3.42. The smallest absolute Gasteiger partial charge is 0.131 e. The molecule has 92 valence electrons. The number of aromatic nitrogens is 1. The zero-order chi connectivity index (χ0) is 12.4. The summed E-state index contributed by atoms with van der Waals surface area (Å²) >= 11 is 5.88. The summed E-state index contributed by atoms with van der Waals surface area (Å²) < 4.78 is 5.60. The third kappa shape index (κ3) is 2.33. The fraction of sp³-hybridized carbons (Fsp3) is 0.214. The minimum Gasteiger partial charge on any atom is -0.376 e. The van der Waals surface area contributed by atoms with Gasteiger partial charge >= 0.3 is 0 Å². The van der Waals surface area contributed by atoms with Gasteiger partial charge in [0.05, 0.1) is 19.3 Å². The van der Waals surface area contributed by atoms with Crippen molar-refractivity contribution in [3.63, 3.8) is 0 Å². The van der Waals surface area contributed by atoms with Gasteiger partial charge in [0.15, 0.2) is 0 Å². The van der Waals surface area contributed by atoms with Crippen molar-refractivity contribution >= 4 is 17.3 Å². The molecule has 1 aliphatic rings. The quantitative estimate of drug-likeness (QED) is 0.840. The summed E-state index contributed by atoms with van der Waals surface area (Å²) in [6.07, 6.45) is 1.69. The molecule has 0 radical (unpaired) electrons. The van der Waals surface area contributed by atoms with Gasteiger partial charge in [-0.2, -0.15) is 0 Å². The lowest BCUT2D eigenvalue weighted by atomic mass is 9.99. The Hall–Kier alpha value is -1.58. The Bertz CT molecular complexity index is 559. The minimum atomic E-state index is 0.161. The number of hydrogen-bond acceptors (Lipinski definition) is 3. The molecule has 0 amide bonds. The summed E-state index contributed by atoms with van der Waals surface area (Å²) in [5, 5.41) is 3.92. The molecule has 0 aliphatic carbocycles. The van der Waals surface area contributed by atoms with E-state index in [2.05, 4.69) is 28.5 Å². The lowest BCUT2D eigenvalue weighted by Crippen LogP contribution is -2.23. The van der Waals surface area contributed by atoms with Crippen LogP contribution >= 0.6 is 11.6 Å². The van der Waals surface area contributed by atoms with Gasteiger partial charge in [-0.15, -0.1) is 0 Å². The van der Waals surface area contributed by atoms with Crippen molar-refractivity contribution in [3.05, 3.63) is 58.9 Å². The van der Waals surface area contributed by atoms with Crippen LogP contribution in [0.4, 0.5) is 5.69 Å². The Labute approximate surface area is 111 Å². The van der Waals surface area contributed by atoms with E-state index in [0.29, 0.717) is 18.4 Å². The second-order valence-corrected chi connectivity index (χ2v) is 4.67. The second kappa shape index (κ2) is 4.96. The van der Waals surface area contributed by atoms with Crippen LogP contribution in [0.2, 0.25) is 5.15 Å². The van der Waals surface area contributed by atoms with Gasteiger partial charge in [-0.05, 0) is 23.3 Å². The van der Waals surface area contributed by atoms with E-state index in [1.165, 1.54) is 11.1 Å². The molecule has 0 spiro atoms. The Kier molecular flexibility index (Phi) is 3.17. The van der Waals surface area contributed by atoms with Gasteiger partial charge in [0.1, 0.15) is 5.15 Å². The molecule has 0 fully saturated rings. The number of nitrogens with zero attached hydrogens (tertiary/aromatic N) is 1. The number of pyridine rings is 1. The summed E-state index contributed by atoms with van der Waals surface area (Å²) in [6, 6.07) is 12.2. The van der Waals surface area contributed by atoms with Gasteiger partial charge in [-0.1, -0.05) is 35.9 Å². The highest BCUT2D eigenvalue weighted by molar-refractivity contribution is 6.29. The van der Waals surface area contributed by atoms with Crippen LogP contribution in [0.1, 0.15) is 17.2 Å². The maximum absolute atomic E-state index is 5.88. The highest BCUT2D eigenvalue weighted by Gasteiger charge is 2.19. The van der Waals surface area contributed by atoms with Crippen LogP contribution in [0.25, 0.3) is 0 Å². The molecule has 1 aliphatic heterocycles. The van der Waals surface area contributed by atoms with Crippen molar-refractivity contribution in [1.82, 2.24) is 4.98 Å². The largest absolute Gasteiger partial charge is 0.376 e. The fourth-order valence-corrected chi connectivity index (χ4v) is 2.37. The molecule has 0 bridgehead atoms. The summed E-state index contributed by atoms with van der Waals surface area (Å²) in [6.45, 7) is 1.35. The minimum absolute atomic E-state index is 0.161. The van der Waals surface area contributed by atoms with Crippen LogP contribution in [0.5, 0.6) is 0 Å². The molecule has 1 aromatic carbocycles. The molecule has 4 heteroatoms. The molecule has 1 unspecified atom stereocenters. The van der Waals surface area contributed by atoms with E-state index < -0.39 is 0 Å². The fourth-order valence-electron chi connectivity index (χ4n) is 2.19. The van der Waals surface area contributed by atoms with Crippen molar-refractivity contribution in [3.8, 4) is 0 Å². The zero-order valence-electron chi connectivity index (χ0n) is 9.77. The number of hydrogen-bond donors (Lipinski definition) is 1. The van der Waals surface area contributed by atoms with Gasteiger partial charge in [0.25, 0.3) is 0 Å². The maximum atomic E-state index is 5.88. The molecule has 18 heavy (non-hydrogen) atoms. The number of benzene rings is 1.